The van der Waals surface area contributed by atoms with Crippen molar-refractivity contribution in [2.45, 2.75) is 65.0 Å². The molecular weight excluding hydrogens is 224 g/mol. The molecule has 0 aromatic carbocycles. The van der Waals surface area contributed by atoms with Gasteiger partial charge in [0.15, 0.2) is 0 Å². The van der Waals surface area contributed by atoms with Crippen molar-refractivity contribution in [3.05, 3.63) is 0 Å². The molecule has 3 nitrogen and oxygen atoms in total. The van der Waals surface area contributed by atoms with Crippen molar-refractivity contribution in [3.63, 3.8) is 0 Å². The van der Waals surface area contributed by atoms with Crippen LogP contribution in [0.5, 0.6) is 0 Å². The van der Waals surface area contributed by atoms with Crippen LogP contribution in [0.15, 0.2) is 0 Å². The van der Waals surface area contributed by atoms with E-state index in [9.17, 15) is 5.11 Å². The Balaban J connectivity index is 2.08. The zero-order valence-electron chi connectivity index (χ0n) is 12.7. The number of hydrogen-bond donors (Lipinski definition) is 2. The predicted molar refractivity (Wildman–Crippen MR) is 77.8 cm³/mol. The van der Waals surface area contributed by atoms with Gasteiger partial charge in [-0.3, -0.25) is 0 Å². The van der Waals surface area contributed by atoms with E-state index in [0.717, 1.165) is 12.6 Å². The van der Waals surface area contributed by atoms with Crippen LogP contribution in [-0.4, -0.2) is 47.8 Å². The molecule has 1 fully saturated rings. The van der Waals surface area contributed by atoms with E-state index in [1.165, 1.54) is 38.8 Å². The molecule has 0 amide bonds. The van der Waals surface area contributed by atoms with Crippen LogP contribution in [0.4, 0.5) is 0 Å². The summed E-state index contributed by atoms with van der Waals surface area (Å²) >= 11 is 0. The number of piperidine rings is 1. The summed E-state index contributed by atoms with van der Waals surface area (Å²) < 4.78 is 0. The predicted octanol–water partition coefficient (Wildman–Crippen LogP) is 2.25. The molecule has 2 atom stereocenters. The Morgan fingerprint density at radius 3 is 2.72 bits per heavy atom. The molecule has 1 heterocycles. The van der Waals surface area contributed by atoms with Crippen molar-refractivity contribution >= 4 is 0 Å². The van der Waals surface area contributed by atoms with Gasteiger partial charge in [-0.25, -0.2) is 0 Å². The summed E-state index contributed by atoms with van der Waals surface area (Å²) in [7, 11) is 0. The molecule has 0 aliphatic carbocycles. The fraction of sp³-hybridized carbons (Fsp3) is 1.00. The molecule has 18 heavy (non-hydrogen) atoms. The summed E-state index contributed by atoms with van der Waals surface area (Å²) in [4.78, 5) is 2.60. The molecule has 0 radical (unpaired) electrons. The molecule has 1 aliphatic heterocycles. The number of nitrogens with zero attached hydrogens (tertiary/aromatic N) is 1. The fourth-order valence-electron chi connectivity index (χ4n) is 2.44. The van der Waals surface area contributed by atoms with Crippen LogP contribution in [0.2, 0.25) is 0 Å². The van der Waals surface area contributed by atoms with Crippen LogP contribution in [0.3, 0.4) is 0 Å². The standard InChI is InChI=1S/C15H32N2O/c1-13(2)15(4,18)12-16-9-7-11-17-10-6-5-8-14(17)3/h13-14,16,18H,5-12H2,1-4H3. The molecule has 1 saturated heterocycles. The second-order valence-electron chi connectivity index (χ2n) is 6.42. The Morgan fingerprint density at radius 1 is 1.39 bits per heavy atom. The molecule has 0 spiro atoms. The molecule has 3 heteroatoms. The van der Waals surface area contributed by atoms with Crippen molar-refractivity contribution in [3.8, 4) is 0 Å². The average molecular weight is 256 g/mol. The van der Waals surface area contributed by atoms with Gasteiger partial charge in [0.1, 0.15) is 0 Å². The van der Waals surface area contributed by atoms with Crippen LogP contribution >= 0.6 is 0 Å². The highest BCUT2D eigenvalue weighted by molar-refractivity contribution is 4.79. The van der Waals surface area contributed by atoms with Gasteiger partial charge in [0, 0.05) is 12.6 Å². The van der Waals surface area contributed by atoms with Gasteiger partial charge in [0.25, 0.3) is 0 Å². The first-order valence-electron chi connectivity index (χ1n) is 7.60. The maximum atomic E-state index is 10.1. The fourth-order valence-corrected chi connectivity index (χ4v) is 2.44. The van der Waals surface area contributed by atoms with Gasteiger partial charge in [-0.05, 0) is 58.7 Å². The van der Waals surface area contributed by atoms with Gasteiger partial charge in [-0.2, -0.15) is 0 Å². The van der Waals surface area contributed by atoms with E-state index < -0.39 is 5.60 Å². The maximum Gasteiger partial charge on any atom is 0.0766 e. The first-order chi connectivity index (χ1) is 8.43. The second-order valence-corrected chi connectivity index (χ2v) is 6.42. The van der Waals surface area contributed by atoms with Gasteiger partial charge >= 0.3 is 0 Å². The lowest BCUT2D eigenvalue weighted by Crippen LogP contribution is -2.43. The molecule has 2 unspecified atom stereocenters. The summed E-state index contributed by atoms with van der Waals surface area (Å²) in [5.74, 6) is 0.298. The third kappa shape index (κ3) is 5.25. The summed E-state index contributed by atoms with van der Waals surface area (Å²) in [5.41, 5.74) is -0.585. The molecule has 0 saturated carbocycles. The smallest absolute Gasteiger partial charge is 0.0766 e. The number of aliphatic hydroxyl groups is 1. The van der Waals surface area contributed by atoms with Crippen LogP contribution in [0.25, 0.3) is 0 Å². The number of nitrogens with one attached hydrogen (secondary N) is 1. The number of hydrogen-bond acceptors (Lipinski definition) is 3. The minimum absolute atomic E-state index is 0.298. The molecule has 1 rings (SSSR count). The highest BCUT2D eigenvalue weighted by Gasteiger charge is 2.24. The highest BCUT2D eigenvalue weighted by Crippen LogP contribution is 2.16. The van der Waals surface area contributed by atoms with Crippen molar-refractivity contribution in [2.24, 2.45) is 5.92 Å². The monoisotopic (exact) mass is 256 g/mol. The lowest BCUT2D eigenvalue weighted by atomic mass is 9.92. The van der Waals surface area contributed by atoms with Crippen LogP contribution in [0, 0.1) is 5.92 Å². The molecule has 0 aromatic heterocycles. The lowest BCUT2D eigenvalue weighted by Gasteiger charge is -2.33. The second kappa shape index (κ2) is 7.46. The van der Waals surface area contributed by atoms with E-state index in [2.05, 4.69) is 31.0 Å². The first kappa shape index (κ1) is 15.9. The van der Waals surface area contributed by atoms with E-state index in [1.807, 2.05) is 6.92 Å². The Hall–Kier alpha value is -0.120. The minimum Gasteiger partial charge on any atom is -0.389 e. The third-order valence-electron chi connectivity index (χ3n) is 4.47. The molecule has 2 N–H and O–H groups in total. The molecule has 108 valence electrons. The van der Waals surface area contributed by atoms with Gasteiger partial charge in [-0.1, -0.05) is 20.3 Å². The summed E-state index contributed by atoms with van der Waals surface area (Å²) in [6.45, 7) is 12.6. The topological polar surface area (TPSA) is 35.5 Å². The maximum absolute atomic E-state index is 10.1. The van der Waals surface area contributed by atoms with Crippen molar-refractivity contribution in [1.29, 1.82) is 0 Å². The lowest BCUT2D eigenvalue weighted by molar-refractivity contribution is 0.0141. The van der Waals surface area contributed by atoms with E-state index in [0.29, 0.717) is 12.5 Å². The average Bonchev–Trinajstić information content (AvgIpc) is 2.30. The van der Waals surface area contributed by atoms with Gasteiger partial charge in [-0.15, -0.1) is 0 Å². The molecule has 0 bridgehead atoms. The van der Waals surface area contributed by atoms with Gasteiger partial charge in [0.05, 0.1) is 5.60 Å². The first-order valence-corrected chi connectivity index (χ1v) is 7.60. The van der Waals surface area contributed by atoms with E-state index in [-0.39, 0.29) is 0 Å². The molecular formula is C15H32N2O. The third-order valence-corrected chi connectivity index (χ3v) is 4.47. The summed E-state index contributed by atoms with van der Waals surface area (Å²) in [5, 5.41) is 13.5. The number of rotatable bonds is 7. The van der Waals surface area contributed by atoms with E-state index in [1.54, 1.807) is 0 Å². The summed E-state index contributed by atoms with van der Waals surface area (Å²) in [6.07, 6.45) is 5.29. The van der Waals surface area contributed by atoms with Crippen molar-refractivity contribution < 1.29 is 5.11 Å². The SMILES string of the molecule is CC1CCCCN1CCCNCC(C)(O)C(C)C. The van der Waals surface area contributed by atoms with Crippen LogP contribution in [0.1, 0.15) is 53.4 Å². The number of likely N-dealkylation sites (tertiary alicyclic amines) is 1. The van der Waals surface area contributed by atoms with Crippen LogP contribution in [-0.2, 0) is 0 Å². The normalized spacial score (nSPS) is 25.3. The van der Waals surface area contributed by atoms with Gasteiger partial charge in [0.2, 0.25) is 0 Å². The van der Waals surface area contributed by atoms with Gasteiger partial charge < -0.3 is 15.3 Å². The highest BCUT2D eigenvalue weighted by atomic mass is 16.3. The van der Waals surface area contributed by atoms with E-state index >= 15 is 0 Å². The zero-order valence-corrected chi connectivity index (χ0v) is 12.7. The largest absolute Gasteiger partial charge is 0.389 e. The Labute approximate surface area is 113 Å². The van der Waals surface area contributed by atoms with Crippen molar-refractivity contribution in [1.82, 2.24) is 10.2 Å². The van der Waals surface area contributed by atoms with Crippen molar-refractivity contribution in [2.75, 3.05) is 26.2 Å². The van der Waals surface area contributed by atoms with E-state index in [4.69, 9.17) is 0 Å². The molecule has 1 aliphatic rings. The van der Waals surface area contributed by atoms with Crippen LogP contribution < -0.4 is 5.32 Å². The molecule has 0 aromatic rings. The summed E-state index contributed by atoms with van der Waals surface area (Å²) in [6, 6.07) is 0.762. The Morgan fingerprint density at radius 2 is 2.11 bits per heavy atom. The quantitative estimate of drug-likeness (QED) is 0.686. The minimum atomic E-state index is -0.585. The zero-order chi connectivity index (χ0) is 13.6. The Kier molecular flexibility index (Phi) is 6.61. The Bertz CT molecular complexity index is 229.